The Morgan fingerprint density at radius 3 is 3.09 bits per heavy atom. The SMILES string of the molecule is C1CCO[C@@H]2CCC[C@@H]2NC1. The van der Waals surface area contributed by atoms with Crippen LogP contribution in [0.3, 0.4) is 0 Å². The zero-order valence-corrected chi connectivity index (χ0v) is 7.01. The van der Waals surface area contributed by atoms with Gasteiger partial charge in [0, 0.05) is 12.6 Å². The predicted octanol–water partition coefficient (Wildman–Crippen LogP) is 1.31. The van der Waals surface area contributed by atoms with Gasteiger partial charge >= 0.3 is 0 Å². The van der Waals surface area contributed by atoms with Crippen molar-refractivity contribution in [3.63, 3.8) is 0 Å². The number of nitrogens with one attached hydrogen (secondary N) is 1. The molecule has 0 aromatic heterocycles. The lowest BCUT2D eigenvalue weighted by molar-refractivity contribution is 0.0296. The second kappa shape index (κ2) is 3.55. The molecule has 0 amide bonds. The zero-order valence-electron chi connectivity index (χ0n) is 7.01. The Kier molecular flexibility index (Phi) is 2.44. The van der Waals surface area contributed by atoms with Crippen LogP contribution >= 0.6 is 0 Å². The molecule has 2 atom stereocenters. The van der Waals surface area contributed by atoms with E-state index in [0.29, 0.717) is 12.1 Å². The molecule has 64 valence electrons. The Morgan fingerprint density at radius 2 is 2.09 bits per heavy atom. The molecule has 0 bridgehead atoms. The molecule has 2 fully saturated rings. The summed E-state index contributed by atoms with van der Waals surface area (Å²) < 4.78 is 5.74. The molecule has 1 aliphatic heterocycles. The highest BCUT2D eigenvalue weighted by molar-refractivity contribution is 4.84. The summed E-state index contributed by atoms with van der Waals surface area (Å²) in [5.74, 6) is 0. The van der Waals surface area contributed by atoms with Crippen LogP contribution in [0.4, 0.5) is 0 Å². The summed E-state index contributed by atoms with van der Waals surface area (Å²) in [7, 11) is 0. The first-order valence-electron chi connectivity index (χ1n) is 4.82. The normalized spacial score (nSPS) is 39.3. The number of fused-ring (bicyclic) bond motifs is 1. The van der Waals surface area contributed by atoms with Crippen LogP contribution in [0.1, 0.15) is 32.1 Å². The molecule has 2 aliphatic rings. The standard InChI is InChI=1S/C9H17NO/c1-2-7-11-9-5-3-4-8(9)10-6-1/h8-10H,1-7H2/t8-,9+/m0/s1. The minimum absolute atomic E-state index is 0.537. The molecule has 0 unspecified atom stereocenters. The van der Waals surface area contributed by atoms with Gasteiger partial charge < -0.3 is 10.1 Å². The third-order valence-electron chi connectivity index (χ3n) is 2.76. The summed E-state index contributed by atoms with van der Waals surface area (Å²) in [5.41, 5.74) is 0. The summed E-state index contributed by atoms with van der Waals surface area (Å²) in [4.78, 5) is 0. The summed E-state index contributed by atoms with van der Waals surface area (Å²) in [5, 5.41) is 3.56. The van der Waals surface area contributed by atoms with Gasteiger partial charge in [-0.3, -0.25) is 0 Å². The van der Waals surface area contributed by atoms with Crippen LogP contribution in [0.5, 0.6) is 0 Å². The minimum Gasteiger partial charge on any atom is -0.377 e. The van der Waals surface area contributed by atoms with Gasteiger partial charge in [0.05, 0.1) is 6.10 Å². The second-order valence-corrected chi connectivity index (χ2v) is 3.61. The van der Waals surface area contributed by atoms with Gasteiger partial charge in [-0.25, -0.2) is 0 Å². The van der Waals surface area contributed by atoms with Crippen molar-refractivity contribution in [1.29, 1.82) is 0 Å². The fraction of sp³-hybridized carbons (Fsp3) is 1.00. The third kappa shape index (κ3) is 1.74. The van der Waals surface area contributed by atoms with E-state index in [1.807, 2.05) is 0 Å². The molecule has 2 rings (SSSR count). The molecule has 2 nitrogen and oxygen atoms in total. The highest BCUT2D eigenvalue weighted by Gasteiger charge is 2.27. The summed E-state index contributed by atoms with van der Waals surface area (Å²) in [6, 6.07) is 0.676. The topological polar surface area (TPSA) is 21.3 Å². The Hall–Kier alpha value is -0.0800. The van der Waals surface area contributed by atoms with Crippen molar-refractivity contribution >= 4 is 0 Å². The van der Waals surface area contributed by atoms with Crippen LogP contribution in [0.25, 0.3) is 0 Å². The van der Waals surface area contributed by atoms with E-state index in [2.05, 4.69) is 5.32 Å². The summed E-state index contributed by atoms with van der Waals surface area (Å²) in [6.45, 7) is 2.19. The summed E-state index contributed by atoms with van der Waals surface area (Å²) >= 11 is 0. The molecule has 0 aromatic rings. The maximum Gasteiger partial charge on any atom is 0.0728 e. The third-order valence-corrected chi connectivity index (χ3v) is 2.76. The van der Waals surface area contributed by atoms with Gasteiger partial charge in [0.25, 0.3) is 0 Å². The van der Waals surface area contributed by atoms with Gasteiger partial charge in [-0.2, -0.15) is 0 Å². The van der Waals surface area contributed by atoms with Gasteiger partial charge in [0.2, 0.25) is 0 Å². The van der Waals surface area contributed by atoms with Crippen molar-refractivity contribution in [2.75, 3.05) is 13.2 Å². The molecule has 1 heterocycles. The Labute approximate surface area is 68.3 Å². The van der Waals surface area contributed by atoms with Crippen molar-refractivity contribution in [3.8, 4) is 0 Å². The van der Waals surface area contributed by atoms with Crippen LogP contribution in [-0.2, 0) is 4.74 Å². The smallest absolute Gasteiger partial charge is 0.0728 e. The first-order valence-corrected chi connectivity index (χ1v) is 4.82. The fourth-order valence-electron chi connectivity index (χ4n) is 2.11. The lowest BCUT2D eigenvalue weighted by Crippen LogP contribution is -2.39. The van der Waals surface area contributed by atoms with E-state index in [4.69, 9.17) is 4.74 Å². The van der Waals surface area contributed by atoms with Crippen molar-refractivity contribution in [2.24, 2.45) is 0 Å². The molecular formula is C9H17NO. The molecule has 0 radical (unpaired) electrons. The van der Waals surface area contributed by atoms with E-state index in [-0.39, 0.29) is 0 Å². The van der Waals surface area contributed by atoms with Crippen LogP contribution in [0, 0.1) is 0 Å². The predicted molar refractivity (Wildman–Crippen MR) is 44.6 cm³/mol. The Morgan fingerprint density at radius 1 is 1.09 bits per heavy atom. The van der Waals surface area contributed by atoms with E-state index >= 15 is 0 Å². The first-order chi connectivity index (χ1) is 5.47. The Bertz CT molecular complexity index is 113. The largest absolute Gasteiger partial charge is 0.377 e. The van der Waals surface area contributed by atoms with Crippen LogP contribution in [0.15, 0.2) is 0 Å². The molecule has 11 heavy (non-hydrogen) atoms. The maximum atomic E-state index is 5.74. The average Bonchev–Trinajstić information content (AvgIpc) is 2.35. The van der Waals surface area contributed by atoms with Gasteiger partial charge in [0.15, 0.2) is 0 Å². The van der Waals surface area contributed by atoms with Crippen molar-refractivity contribution in [3.05, 3.63) is 0 Å². The lowest BCUT2D eigenvalue weighted by Gasteiger charge is -2.24. The van der Waals surface area contributed by atoms with E-state index in [9.17, 15) is 0 Å². The highest BCUT2D eigenvalue weighted by atomic mass is 16.5. The number of rotatable bonds is 0. The quantitative estimate of drug-likeness (QED) is 0.569. The number of hydrogen-bond acceptors (Lipinski definition) is 2. The molecule has 1 N–H and O–H groups in total. The molecule has 1 saturated carbocycles. The zero-order chi connectivity index (χ0) is 7.52. The molecule has 2 heteroatoms. The molecule has 1 saturated heterocycles. The van der Waals surface area contributed by atoms with Gasteiger partial charge in [-0.05, 0) is 38.6 Å². The van der Waals surface area contributed by atoms with Crippen molar-refractivity contribution in [2.45, 2.75) is 44.2 Å². The maximum absolute atomic E-state index is 5.74. The molecular weight excluding hydrogens is 138 g/mol. The van der Waals surface area contributed by atoms with Crippen LogP contribution in [-0.4, -0.2) is 25.3 Å². The van der Waals surface area contributed by atoms with E-state index in [0.717, 1.165) is 6.61 Å². The van der Waals surface area contributed by atoms with Crippen LogP contribution in [0.2, 0.25) is 0 Å². The summed E-state index contributed by atoms with van der Waals surface area (Å²) in [6.07, 6.45) is 7.00. The Balaban J connectivity index is 1.89. The number of ether oxygens (including phenoxy) is 1. The van der Waals surface area contributed by atoms with E-state index in [1.165, 1.54) is 38.6 Å². The van der Waals surface area contributed by atoms with Crippen molar-refractivity contribution in [1.82, 2.24) is 5.32 Å². The van der Waals surface area contributed by atoms with Gasteiger partial charge in [0.1, 0.15) is 0 Å². The van der Waals surface area contributed by atoms with Gasteiger partial charge in [-0.15, -0.1) is 0 Å². The monoisotopic (exact) mass is 155 g/mol. The van der Waals surface area contributed by atoms with Gasteiger partial charge in [-0.1, -0.05) is 0 Å². The van der Waals surface area contributed by atoms with E-state index in [1.54, 1.807) is 0 Å². The second-order valence-electron chi connectivity index (χ2n) is 3.61. The molecule has 0 spiro atoms. The molecule has 0 aromatic carbocycles. The lowest BCUT2D eigenvalue weighted by atomic mass is 10.2. The highest BCUT2D eigenvalue weighted by Crippen LogP contribution is 2.23. The van der Waals surface area contributed by atoms with Crippen molar-refractivity contribution < 1.29 is 4.74 Å². The molecule has 1 aliphatic carbocycles. The minimum atomic E-state index is 0.537. The first kappa shape index (κ1) is 7.56. The fourth-order valence-corrected chi connectivity index (χ4v) is 2.11. The van der Waals surface area contributed by atoms with Crippen LogP contribution < -0.4 is 5.32 Å². The number of hydrogen-bond donors (Lipinski definition) is 1. The average molecular weight is 155 g/mol. The van der Waals surface area contributed by atoms with E-state index < -0.39 is 0 Å².